The van der Waals surface area contributed by atoms with Crippen LogP contribution in [0.3, 0.4) is 0 Å². The van der Waals surface area contributed by atoms with Gasteiger partial charge in [-0.15, -0.1) is 0 Å². The third kappa shape index (κ3) is 9.03. The lowest BCUT2D eigenvalue weighted by Gasteiger charge is -2.23. The van der Waals surface area contributed by atoms with Crippen LogP contribution in [0.4, 0.5) is 10.5 Å². The minimum Gasteiger partial charge on any atom is -0.446 e. The maximum absolute atomic E-state index is 13.4. The maximum atomic E-state index is 13.4. The molecule has 1 aromatic carbocycles. The van der Waals surface area contributed by atoms with Crippen molar-refractivity contribution in [2.45, 2.75) is 82.5 Å². The molecule has 4 N–H and O–H groups in total. The van der Waals surface area contributed by atoms with Gasteiger partial charge >= 0.3 is 6.09 Å². The fourth-order valence-electron chi connectivity index (χ4n) is 6.75. The number of anilines is 1. The highest BCUT2D eigenvalue weighted by Crippen LogP contribution is 2.36. The number of unbranched alkanes of at least 4 members (excludes halogenated alkanes) is 2. The van der Waals surface area contributed by atoms with Gasteiger partial charge in [-0.1, -0.05) is 18.2 Å². The first-order valence-electron chi connectivity index (χ1n) is 16.7. The van der Waals surface area contributed by atoms with E-state index in [0.717, 1.165) is 36.9 Å². The van der Waals surface area contributed by atoms with Gasteiger partial charge in [0.05, 0.1) is 34.8 Å². The number of sulfonamides is 1. The van der Waals surface area contributed by atoms with Gasteiger partial charge in [-0.3, -0.25) is 24.4 Å². The lowest BCUT2D eigenvalue weighted by molar-refractivity contribution is -0.139. The summed E-state index contributed by atoms with van der Waals surface area (Å²) in [6.07, 6.45) is 14.2. The molecule has 1 aromatic heterocycles. The number of allylic oxidation sites excluding steroid dienone is 2. The van der Waals surface area contributed by atoms with Crippen molar-refractivity contribution in [3.05, 3.63) is 54.6 Å². The van der Waals surface area contributed by atoms with Crippen molar-refractivity contribution in [1.29, 1.82) is 0 Å². The Labute approximate surface area is 281 Å². The predicted molar refractivity (Wildman–Crippen MR) is 179 cm³/mol. The van der Waals surface area contributed by atoms with Crippen LogP contribution < -0.4 is 15.8 Å². The summed E-state index contributed by atoms with van der Waals surface area (Å²) >= 11 is 0. The second kappa shape index (κ2) is 15.3. The van der Waals surface area contributed by atoms with E-state index in [0.29, 0.717) is 37.9 Å². The number of hydrogen-bond donors (Lipinski definition) is 3. The molecule has 260 valence electrons. The number of nitrogens with two attached hydrogens (primary N) is 1. The zero-order valence-corrected chi connectivity index (χ0v) is 28.4. The molecule has 14 heteroatoms. The molecular formula is C34H46N6O7S. The molecule has 0 bridgehead atoms. The van der Waals surface area contributed by atoms with Crippen LogP contribution in [-0.2, 0) is 29.1 Å². The van der Waals surface area contributed by atoms with Crippen molar-refractivity contribution < 1.29 is 32.3 Å². The first-order valence-corrected chi connectivity index (χ1v) is 18.3. The van der Waals surface area contributed by atoms with E-state index in [1.807, 2.05) is 25.1 Å². The molecule has 1 heterocycles. The van der Waals surface area contributed by atoms with E-state index in [2.05, 4.69) is 27.2 Å². The van der Waals surface area contributed by atoms with Crippen LogP contribution in [0.25, 0.3) is 5.69 Å². The van der Waals surface area contributed by atoms with Gasteiger partial charge in [0, 0.05) is 31.9 Å². The van der Waals surface area contributed by atoms with Crippen LogP contribution in [0.15, 0.2) is 49.1 Å². The predicted octanol–water partition coefficient (Wildman–Crippen LogP) is 3.82. The minimum absolute atomic E-state index is 0.181. The highest BCUT2D eigenvalue weighted by Gasteiger charge is 2.44. The Balaban J connectivity index is 1.04. The van der Waals surface area contributed by atoms with Gasteiger partial charge in [-0.25, -0.2) is 18.2 Å². The Morgan fingerprint density at radius 2 is 1.85 bits per heavy atom. The molecule has 48 heavy (non-hydrogen) atoms. The van der Waals surface area contributed by atoms with Gasteiger partial charge in [0.2, 0.25) is 27.7 Å². The molecule has 3 aliphatic carbocycles. The Morgan fingerprint density at radius 3 is 2.56 bits per heavy atom. The second-order valence-electron chi connectivity index (χ2n) is 13.4. The molecule has 13 nitrogen and oxygen atoms in total. The summed E-state index contributed by atoms with van der Waals surface area (Å²) in [5, 5.41) is 2.38. The number of ether oxygens (including phenoxy) is 1. The SMILES string of the molecule is Cc1ccc(-n2ccnc2)c(NC(=O)O[C@@H]2C[C@@H](C(N)=O)[C@H](C(=O)N(C)CCCC/C=C\[C@H]3CC[C@H](C(=O)NS(=O)(=O)C4CC4)C3)C2)c1. The fraction of sp³-hybridized carbons (Fsp3) is 0.559. The normalized spacial score (nSPS) is 24.0. The third-order valence-electron chi connectivity index (χ3n) is 9.60. The smallest absolute Gasteiger partial charge is 0.411 e. The van der Waals surface area contributed by atoms with Crippen LogP contribution in [0.2, 0.25) is 0 Å². The van der Waals surface area contributed by atoms with Gasteiger partial charge < -0.3 is 19.9 Å². The zero-order valence-electron chi connectivity index (χ0n) is 27.5. The molecule has 2 aromatic rings. The average Bonchev–Trinajstić information content (AvgIpc) is 3.38. The first kappa shape index (κ1) is 35.1. The summed E-state index contributed by atoms with van der Waals surface area (Å²) in [7, 11) is -1.81. The molecule has 3 saturated carbocycles. The Bertz CT molecular complexity index is 1620. The number of hydrogen-bond acceptors (Lipinski definition) is 8. The largest absolute Gasteiger partial charge is 0.446 e. The van der Waals surface area contributed by atoms with Gasteiger partial charge in [0.1, 0.15) is 6.10 Å². The van der Waals surface area contributed by atoms with Crippen LogP contribution in [0.5, 0.6) is 0 Å². The summed E-state index contributed by atoms with van der Waals surface area (Å²) in [4.78, 5) is 56.7. The van der Waals surface area contributed by atoms with E-state index in [-0.39, 0.29) is 36.5 Å². The van der Waals surface area contributed by atoms with Crippen molar-refractivity contribution in [3.63, 3.8) is 0 Å². The van der Waals surface area contributed by atoms with E-state index in [1.165, 1.54) is 0 Å². The summed E-state index contributed by atoms with van der Waals surface area (Å²) in [6.45, 7) is 2.42. The number of aromatic nitrogens is 2. The monoisotopic (exact) mass is 682 g/mol. The number of rotatable bonds is 14. The number of amides is 4. The van der Waals surface area contributed by atoms with Crippen molar-refractivity contribution in [3.8, 4) is 5.69 Å². The quantitative estimate of drug-likeness (QED) is 0.199. The number of benzene rings is 1. The van der Waals surface area contributed by atoms with E-state index in [1.54, 1.807) is 35.2 Å². The molecule has 4 amide bonds. The maximum Gasteiger partial charge on any atom is 0.411 e. The minimum atomic E-state index is -3.52. The van der Waals surface area contributed by atoms with Crippen molar-refractivity contribution in [1.82, 2.24) is 19.2 Å². The molecule has 5 rings (SSSR count). The van der Waals surface area contributed by atoms with E-state index >= 15 is 0 Å². The van der Waals surface area contributed by atoms with Gasteiger partial charge in [0.15, 0.2) is 0 Å². The third-order valence-corrected chi connectivity index (χ3v) is 11.4. The van der Waals surface area contributed by atoms with Crippen LogP contribution in [0.1, 0.15) is 69.8 Å². The molecular weight excluding hydrogens is 636 g/mol. The first-order chi connectivity index (χ1) is 22.9. The molecule has 0 radical (unpaired) electrons. The fourth-order valence-corrected chi connectivity index (χ4v) is 8.12. The number of aryl methyl sites for hydroxylation is 1. The van der Waals surface area contributed by atoms with E-state index in [9.17, 15) is 27.6 Å². The number of imidazole rings is 1. The lowest BCUT2D eigenvalue weighted by Crippen LogP contribution is -2.39. The summed E-state index contributed by atoms with van der Waals surface area (Å²) < 4.78 is 33.9. The van der Waals surface area contributed by atoms with Crippen molar-refractivity contribution >= 4 is 39.5 Å². The average molecular weight is 683 g/mol. The molecule has 0 unspecified atom stereocenters. The summed E-state index contributed by atoms with van der Waals surface area (Å²) in [6, 6.07) is 5.62. The zero-order chi connectivity index (χ0) is 34.4. The summed E-state index contributed by atoms with van der Waals surface area (Å²) in [5.41, 5.74) is 7.88. The Morgan fingerprint density at radius 1 is 1.08 bits per heavy atom. The molecule has 3 aliphatic rings. The molecule has 0 saturated heterocycles. The van der Waals surface area contributed by atoms with Crippen LogP contribution >= 0.6 is 0 Å². The van der Waals surface area contributed by atoms with Gasteiger partial charge in [-0.05, 0) is 94.7 Å². The van der Waals surface area contributed by atoms with E-state index in [4.69, 9.17) is 10.5 Å². The highest BCUT2D eigenvalue weighted by molar-refractivity contribution is 7.90. The van der Waals surface area contributed by atoms with Crippen LogP contribution in [0, 0.1) is 30.6 Å². The molecule has 3 fully saturated rings. The van der Waals surface area contributed by atoms with Crippen molar-refractivity contribution in [2.75, 3.05) is 18.9 Å². The highest BCUT2D eigenvalue weighted by atomic mass is 32.2. The van der Waals surface area contributed by atoms with Crippen LogP contribution in [-0.4, -0.2) is 71.6 Å². The van der Waals surface area contributed by atoms with E-state index < -0.39 is 45.2 Å². The molecule has 5 atom stereocenters. The standard InChI is InChI=1S/C34H46N6O7S/c1-22-8-13-30(40-16-14-36-21-40)29(17-22)37-34(44)47-25-19-27(31(35)41)28(20-25)33(43)39(2)15-6-4-3-5-7-23-9-10-24(18-23)32(42)38-48(45,46)26-11-12-26/h5,7-8,13-14,16-17,21,23-28H,3-4,6,9-12,15,18-20H2,1-2H3,(H2,35,41)(H,37,44)(H,38,42)/b7-5-/t23-,24-,25+,27+,28+/m0/s1. The number of carbonyl (C=O) groups excluding carboxylic acids is 4. The topological polar surface area (TPSA) is 183 Å². The Hall–Kier alpha value is -4.20. The number of carbonyl (C=O) groups is 4. The van der Waals surface area contributed by atoms with Gasteiger partial charge in [-0.2, -0.15) is 0 Å². The summed E-state index contributed by atoms with van der Waals surface area (Å²) in [5.74, 6) is -2.59. The Kier molecular flexibility index (Phi) is 11.2. The second-order valence-corrected chi connectivity index (χ2v) is 15.4. The molecule has 0 aliphatic heterocycles. The molecule has 0 spiro atoms. The number of primary amides is 1. The van der Waals surface area contributed by atoms with Gasteiger partial charge in [0.25, 0.3) is 0 Å². The lowest BCUT2D eigenvalue weighted by atomic mass is 9.94. The number of nitrogens with one attached hydrogen (secondary N) is 2. The number of nitrogens with zero attached hydrogens (tertiary/aromatic N) is 3. The van der Waals surface area contributed by atoms with Crippen molar-refractivity contribution in [2.24, 2.45) is 29.4 Å².